The summed E-state index contributed by atoms with van der Waals surface area (Å²) in [6.45, 7) is 0. The second-order valence-electron chi connectivity index (χ2n) is 3.93. The Balaban J connectivity index is 2.49. The summed E-state index contributed by atoms with van der Waals surface area (Å²) in [5, 5.41) is 11.2. The number of para-hydroxylation sites is 1. The third-order valence-corrected chi connectivity index (χ3v) is 5.36. The van der Waals surface area contributed by atoms with Crippen LogP contribution in [0.15, 0.2) is 51.8 Å². The zero-order chi connectivity index (χ0) is 15.6. The molecule has 0 radical (unpaired) electrons. The number of anilines is 1. The predicted octanol–water partition coefficient (Wildman–Crippen LogP) is 3.81. The molecule has 0 spiro atoms. The van der Waals surface area contributed by atoms with Gasteiger partial charge in [0.1, 0.15) is 0 Å². The first-order valence-electron chi connectivity index (χ1n) is 5.53. The van der Waals surface area contributed by atoms with Gasteiger partial charge in [-0.3, -0.25) is 14.8 Å². The molecular formula is C12H8BrClN2O4S. The number of halogens is 2. The van der Waals surface area contributed by atoms with Crippen LogP contribution >= 0.6 is 27.5 Å². The Kier molecular flexibility index (Phi) is 4.50. The van der Waals surface area contributed by atoms with Crippen LogP contribution < -0.4 is 4.72 Å². The lowest BCUT2D eigenvalue weighted by Gasteiger charge is -2.10. The lowest BCUT2D eigenvalue weighted by Crippen LogP contribution is -2.15. The molecule has 0 aromatic heterocycles. The molecule has 0 amide bonds. The van der Waals surface area contributed by atoms with Crippen molar-refractivity contribution in [3.05, 3.63) is 62.1 Å². The summed E-state index contributed by atoms with van der Waals surface area (Å²) in [4.78, 5) is 9.76. The fourth-order valence-corrected chi connectivity index (χ4v) is 3.53. The molecule has 0 fully saturated rings. The highest BCUT2D eigenvalue weighted by Gasteiger charge is 2.25. The van der Waals surface area contributed by atoms with Gasteiger partial charge in [0.2, 0.25) is 0 Å². The minimum Gasteiger partial charge on any atom is -0.278 e. The van der Waals surface area contributed by atoms with E-state index >= 15 is 0 Å². The number of rotatable bonds is 4. The molecule has 0 aliphatic heterocycles. The van der Waals surface area contributed by atoms with Gasteiger partial charge in [-0.2, -0.15) is 0 Å². The van der Waals surface area contributed by atoms with E-state index in [0.29, 0.717) is 9.50 Å². The summed E-state index contributed by atoms with van der Waals surface area (Å²) >= 11 is 9.04. The maximum Gasteiger partial charge on any atom is 0.289 e. The first kappa shape index (κ1) is 15.7. The molecule has 2 aromatic carbocycles. The molecule has 0 aliphatic carbocycles. The van der Waals surface area contributed by atoms with Crippen LogP contribution in [0, 0.1) is 10.1 Å². The van der Waals surface area contributed by atoms with Gasteiger partial charge >= 0.3 is 0 Å². The third-order valence-electron chi connectivity index (χ3n) is 2.55. The van der Waals surface area contributed by atoms with Crippen molar-refractivity contribution in [1.82, 2.24) is 0 Å². The molecule has 0 saturated carbocycles. The second-order valence-corrected chi connectivity index (χ2v) is 6.78. The highest BCUT2D eigenvalue weighted by molar-refractivity contribution is 9.10. The number of hydrogen-bond acceptors (Lipinski definition) is 4. The zero-order valence-electron chi connectivity index (χ0n) is 10.3. The van der Waals surface area contributed by atoms with E-state index in [1.54, 1.807) is 12.1 Å². The van der Waals surface area contributed by atoms with E-state index in [0.717, 1.165) is 6.07 Å². The molecule has 2 rings (SSSR count). The predicted molar refractivity (Wildman–Crippen MR) is 83.1 cm³/mol. The van der Waals surface area contributed by atoms with Gasteiger partial charge in [-0.15, -0.1) is 0 Å². The van der Waals surface area contributed by atoms with Crippen molar-refractivity contribution in [2.45, 2.75) is 4.90 Å². The first-order chi connectivity index (χ1) is 9.83. The van der Waals surface area contributed by atoms with Crippen LogP contribution in [0.2, 0.25) is 5.02 Å². The summed E-state index contributed by atoms with van der Waals surface area (Å²) in [5.41, 5.74) is -0.302. The lowest BCUT2D eigenvalue weighted by atomic mass is 10.3. The molecule has 0 atom stereocenters. The van der Waals surface area contributed by atoms with Crippen molar-refractivity contribution in [1.29, 1.82) is 0 Å². The summed E-state index contributed by atoms with van der Waals surface area (Å²) < 4.78 is 27.3. The van der Waals surface area contributed by atoms with Gasteiger partial charge in [0.15, 0.2) is 4.90 Å². The largest absolute Gasteiger partial charge is 0.289 e. The average molecular weight is 392 g/mol. The summed E-state index contributed by atoms with van der Waals surface area (Å²) in [5.74, 6) is 0. The highest BCUT2D eigenvalue weighted by Crippen LogP contribution is 2.32. The Morgan fingerprint density at radius 2 is 1.81 bits per heavy atom. The van der Waals surface area contributed by atoms with Crippen LogP contribution in [0.1, 0.15) is 0 Å². The topological polar surface area (TPSA) is 89.3 Å². The molecule has 110 valence electrons. The van der Waals surface area contributed by atoms with Crippen molar-refractivity contribution in [2.75, 3.05) is 4.72 Å². The van der Waals surface area contributed by atoms with Gasteiger partial charge in [0.25, 0.3) is 15.7 Å². The van der Waals surface area contributed by atoms with E-state index in [4.69, 9.17) is 11.6 Å². The second kappa shape index (κ2) is 6.00. The minimum atomic E-state index is -4.11. The normalized spacial score (nSPS) is 11.1. The molecule has 9 heteroatoms. The van der Waals surface area contributed by atoms with Crippen molar-refractivity contribution in [3.63, 3.8) is 0 Å². The molecule has 6 nitrogen and oxygen atoms in total. The average Bonchev–Trinajstić information content (AvgIpc) is 2.44. The highest BCUT2D eigenvalue weighted by atomic mass is 79.9. The van der Waals surface area contributed by atoms with Crippen LogP contribution in [-0.4, -0.2) is 13.3 Å². The Morgan fingerprint density at radius 1 is 1.14 bits per heavy atom. The van der Waals surface area contributed by atoms with Gasteiger partial charge in [-0.05, 0) is 34.1 Å². The Labute approximate surface area is 134 Å². The molecule has 0 saturated heterocycles. The van der Waals surface area contributed by atoms with Crippen LogP contribution in [0.3, 0.4) is 0 Å². The number of nitro benzene ring substituents is 1. The van der Waals surface area contributed by atoms with Gasteiger partial charge in [-0.1, -0.05) is 29.8 Å². The summed E-state index contributed by atoms with van der Waals surface area (Å²) in [6.07, 6.45) is 0. The maximum absolute atomic E-state index is 12.3. The molecule has 0 heterocycles. The van der Waals surface area contributed by atoms with Crippen molar-refractivity contribution < 1.29 is 13.3 Å². The monoisotopic (exact) mass is 390 g/mol. The van der Waals surface area contributed by atoms with Crippen LogP contribution in [0.5, 0.6) is 0 Å². The van der Waals surface area contributed by atoms with E-state index in [1.807, 2.05) is 0 Å². The Morgan fingerprint density at radius 3 is 2.48 bits per heavy atom. The van der Waals surface area contributed by atoms with E-state index in [2.05, 4.69) is 20.7 Å². The standard InChI is InChI=1S/C12H8BrClN2O4S/c13-12-8(14)4-3-5-9(12)15-21(19,20)11-7-2-1-6-10(11)16(17)18/h1-7,15H. The number of sulfonamides is 1. The third kappa shape index (κ3) is 3.34. The number of hydrogen-bond donors (Lipinski definition) is 1. The minimum absolute atomic E-state index is 0.195. The SMILES string of the molecule is O=[N+]([O-])c1ccccc1S(=O)(=O)Nc1cccc(Cl)c1Br. The molecule has 0 unspecified atom stereocenters. The van der Waals surface area contributed by atoms with Crippen molar-refractivity contribution in [2.24, 2.45) is 0 Å². The van der Waals surface area contributed by atoms with Crippen molar-refractivity contribution >= 4 is 48.9 Å². The number of nitrogens with one attached hydrogen (secondary N) is 1. The van der Waals surface area contributed by atoms with Crippen LogP contribution in [-0.2, 0) is 10.0 Å². The summed E-state index contributed by atoms with van der Waals surface area (Å²) in [7, 11) is -4.11. The maximum atomic E-state index is 12.3. The van der Waals surface area contributed by atoms with E-state index in [9.17, 15) is 18.5 Å². The Bertz CT molecular complexity index is 811. The molecule has 0 aliphatic rings. The van der Waals surface area contributed by atoms with Crippen LogP contribution in [0.25, 0.3) is 0 Å². The fraction of sp³-hybridized carbons (Fsp3) is 0. The van der Waals surface area contributed by atoms with Crippen LogP contribution in [0.4, 0.5) is 11.4 Å². The quantitative estimate of drug-likeness (QED) is 0.634. The first-order valence-corrected chi connectivity index (χ1v) is 8.18. The smallest absolute Gasteiger partial charge is 0.278 e. The van der Waals surface area contributed by atoms with E-state index < -0.39 is 25.5 Å². The molecular weight excluding hydrogens is 384 g/mol. The fourth-order valence-electron chi connectivity index (χ4n) is 1.62. The summed E-state index contributed by atoms with van der Waals surface area (Å²) in [6, 6.07) is 9.72. The van der Waals surface area contributed by atoms with Gasteiger partial charge in [0, 0.05) is 6.07 Å². The molecule has 0 bridgehead atoms. The van der Waals surface area contributed by atoms with Gasteiger partial charge in [0.05, 0.1) is 20.1 Å². The Hall–Kier alpha value is -1.64. The van der Waals surface area contributed by atoms with Gasteiger partial charge < -0.3 is 0 Å². The van der Waals surface area contributed by atoms with Gasteiger partial charge in [-0.25, -0.2) is 8.42 Å². The number of nitrogens with zero attached hydrogens (tertiary/aromatic N) is 1. The lowest BCUT2D eigenvalue weighted by molar-refractivity contribution is -0.387. The number of benzene rings is 2. The molecule has 1 N–H and O–H groups in total. The van der Waals surface area contributed by atoms with E-state index in [-0.39, 0.29) is 5.69 Å². The molecule has 2 aromatic rings. The number of nitro groups is 1. The molecule has 21 heavy (non-hydrogen) atoms. The zero-order valence-corrected chi connectivity index (χ0v) is 13.4. The van der Waals surface area contributed by atoms with E-state index in [1.165, 1.54) is 24.3 Å². The van der Waals surface area contributed by atoms with Crippen molar-refractivity contribution in [3.8, 4) is 0 Å².